The molecule has 0 bridgehead atoms. The van der Waals surface area contributed by atoms with Crippen molar-refractivity contribution < 1.29 is 34.0 Å². The molecule has 10 heteroatoms. The van der Waals surface area contributed by atoms with Crippen molar-refractivity contribution in [1.29, 1.82) is 0 Å². The zero-order chi connectivity index (χ0) is 19.6. The van der Waals surface area contributed by atoms with Crippen molar-refractivity contribution in [3.05, 3.63) is 28.2 Å². The first-order chi connectivity index (χ1) is 12.6. The fourth-order valence-electron chi connectivity index (χ4n) is 4.08. The highest BCUT2D eigenvalue weighted by atomic mass is 79.9. The van der Waals surface area contributed by atoms with Crippen molar-refractivity contribution in [2.24, 2.45) is 10.4 Å². The van der Waals surface area contributed by atoms with E-state index in [4.69, 9.17) is 14.2 Å². The number of hydrogen-bond acceptors (Lipinski definition) is 6. The number of amides is 2. The average molecular weight is 441 g/mol. The molecule has 144 valence electrons. The third kappa shape index (κ3) is 2.23. The molecule has 27 heavy (non-hydrogen) atoms. The summed E-state index contributed by atoms with van der Waals surface area (Å²) in [6, 6.07) is 5.00. The van der Waals surface area contributed by atoms with Gasteiger partial charge in [0.25, 0.3) is 0 Å². The maximum atomic E-state index is 11.4. The van der Waals surface area contributed by atoms with E-state index in [0.717, 1.165) is 4.47 Å². The Bertz CT molecular complexity index is 866. The number of amidine groups is 1. The molecule has 1 atom stereocenters. The molecule has 1 saturated heterocycles. The average Bonchev–Trinajstić information content (AvgIpc) is 2.91. The smallest absolute Gasteiger partial charge is 0.425 e. The van der Waals surface area contributed by atoms with E-state index < -0.39 is 34.8 Å². The van der Waals surface area contributed by atoms with Gasteiger partial charge in [-0.05, 0) is 32.0 Å². The molecular weight excluding hydrogens is 424 g/mol. The van der Waals surface area contributed by atoms with Crippen LogP contribution in [0.15, 0.2) is 27.7 Å². The molecule has 1 fully saturated rings. The summed E-state index contributed by atoms with van der Waals surface area (Å²) in [4.78, 5) is 27.4. The number of imide groups is 1. The van der Waals surface area contributed by atoms with Crippen LogP contribution < -0.4 is 4.74 Å². The van der Waals surface area contributed by atoms with Crippen LogP contribution in [-0.4, -0.2) is 58.7 Å². The van der Waals surface area contributed by atoms with Crippen molar-refractivity contribution in [3.8, 4) is 5.75 Å². The fourth-order valence-corrected chi connectivity index (χ4v) is 4.44. The second kappa shape index (κ2) is 5.59. The van der Waals surface area contributed by atoms with Crippen molar-refractivity contribution >= 4 is 34.1 Å². The first-order valence-electron chi connectivity index (χ1n) is 8.19. The van der Waals surface area contributed by atoms with Crippen molar-refractivity contribution in [2.75, 3.05) is 19.8 Å². The molecule has 3 aliphatic heterocycles. The molecule has 1 unspecified atom stereocenters. The Kier molecular flexibility index (Phi) is 3.73. The number of carbonyl (C=O) groups is 2. The largest absolute Gasteiger partial charge is 0.487 e. The maximum Gasteiger partial charge on any atom is 0.425 e. The number of hydrogen-bond donors (Lipinski definition) is 2. The number of carboxylic acid groups (broad SMARTS) is 2. The molecule has 9 nitrogen and oxygen atoms in total. The van der Waals surface area contributed by atoms with Gasteiger partial charge in [0.1, 0.15) is 23.5 Å². The standard InChI is InChI=1S/C17H17BrN2O7/c1-15(2)16(6-25-7-16)17(10-5-9(18)3-4-11(10)27-15)8-26-12(19-17)20(13(21)22)14(23)24/h3-5H,6-8H2,1-2H3,(H,21,22)(H,23,24). The Balaban J connectivity index is 1.95. The van der Waals surface area contributed by atoms with Gasteiger partial charge < -0.3 is 24.4 Å². The number of ether oxygens (including phenoxy) is 3. The minimum absolute atomic E-state index is 0.0149. The number of aliphatic imine (C=N–C) groups is 1. The third-order valence-electron chi connectivity index (χ3n) is 5.66. The molecule has 4 rings (SSSR count). The van der Waals surface area contributed by atoms with E-state index in [1.165, 1.54) is 0 Å². The second-order valence-electron chi connectivity index (χ2n) is 7.27. The van der Waals surface area contributed by atoms with Gasteiger partial charge in [-0.3, -0.25) is 0 Å². The van der Waals surface area contributed by atoms with Crippen LogP contribution in [0.1, 0.15) is 19.4 Å². The second-order valence-corrected chi connectivity index (χ2v) is 8.19. The molecule has 2 spiro atoms. The van der Waals surface area contributed by atoms with Gasteiger partial charge >= 0.3 is 18.2 Å². The highest BCUT2D eigenvalue weighted by Crippen LogP contribution is 2.62. The van der Waals surface area contributed by atoms with Gasteiger partial charge in [-0.25, -0.2) is 14.6 Å². The van der Waals surface area contributed by atoms with Gasteiger partial charge in [0.15, 0.2) is 0 Å². The first kappa shape index (κ1) is 18.1. The van der Waals surface area contributed by atoms with Crippen molar-refractivity contribution in [1.82, 2.24) is 4.90 Å². The summed E-state index contributed by atoms with van der Waals surface area (Å²) in [6.45, 7) is 4.47. The Hall–Kier alpha value is -2.33. The molecule has 0 saturated carbocycles. The zero-order valence-electron chi connectivity index (χ0n) is 14.6. The van der Waals surface area contributed by atoms with Gasteiger partial charge in [0, 0.05) is 10.0 Å². The highest BCUT2D eigenvalue weighted by molar-refractivity contribution is 9.10. The number of halogens is 1. The quantitative estimate of drug-likeness (QED) is 0.636. The summed E-state index contributed by atoms with van der Waals surface area (Å²) < 4.78 is 18.1. The summed E-state index contributed by atoms with van der Waals surface area (Å²) in [5.41, 5.74) is -1.68. The number of fused-ring (bicyclic) bond motifs is 3. The minimum Gasteiger partial charge on any atom is -0.487 e. The van der Waals surface area contributed by atoms with Crippen molar-refractivity contribution in [2.45, 2.75) is 25.0 Å². The lowest BCUT2D eigenvalue weighted by atomic mass is 9.56. The summed E-state index contributed by atoms with van der Waals surface area (Å²) in [7, 11) is 0. The van der Waals surface area contributed by atoms with E-state index in [2.05, 4.69) is 20.9 Å². The number of benzene rings is 1. The molecule has 3 heterocycles. The van der Waals surface area contributed by atoms with E-state index in [1.54, 1.807) is 6.07 Å². The first-order valence-corrected chi connectivity index (χ1v) is 8.98. The Morgan fingerprint density at radius 3 is 2.41 bits per heavy atom. The summed E-state index contributed by atoms with van der Waals surface area (Å²) in [6.07, 6.45) is -3.36. The van der Waals surface area contributed by atoms with Crippen LogP contribution in [0, 0.1) is 5.41 Å². The van der Waals surface area contributed by atoms with Gasteiger partial charge in [-0.2, -0.15) is 0 Å². The zero-order valence-corrected chi connectivity index (χ0v) is 16.1. The van der Waals surface area contributed by atoms with E-state index in [0.29, 0.717) is 24.5 Å². The summed E-state index contributed by atoms with van der Waals surface area (Å²) in [5, 5.41) is 18.5. The van der Waals surface area contributed by atoms with Gasteiger partial charge in [-0.1, -0.05) is 15.9 Å². The molecule has 0 aliphatic carbocycles. The van der Waals surface area contributed by atoms with Crippen LogP contribution in [0.3, 0.4) is 0 Å². The molecule has 2 N–H and O–H groups in total. The lowest BCUT2D eigenvalue weighted by molar-refractivity contribution is -0.247. The molecule has 1 aromatic carbocycles. The molecule has 2 amide bonds. The molecule has 3 aliphatic rings. The minimum atomic E-state index is -1.68. The van der Waals surface area contributed by atoms with Crippen LogP contribution in [0.25, 0.3) is 0 Å². The normalized spacial score (nSPS) is 26.4. The summed E-state index contributed by atoms with van der Waals surface area (Å²) in [5.74, 6) is 0.589. The maximum absolute atomic E-state index is 11.4. The van der Waals surface area contributed by atoms with Gasteiger partial charge in [-0.15, -0.1) is 4.90 Å². The Morgan fingerprint density at radius 1 is 1.19 bits per heavy atom. The molecule has 1 aromatic rings. The van der Waals surface area contributed by atoms with Crippen LogP contribution in [0.5, 0.6) is 5.75 Å². The van der Waals surface area contributed by atoms with Crippen LogP contribution in [-0.2, 0) is 15.0 Å². The fraction of sp³-hybridized carbons (Fsp3) is 0.471. The predicted molar refractivity (Wildman–Crippen MR) is 95.1 cm³/mol. The van der Waals surface area contributed by atoms with Crippen LogP contribution in [0.2, 0.25) is 0 Å². The SMILES string of the molecule is CC1(C)Oc2ccc(Br)cc2C2(COC(N(C(=O)O)C(=O)O)=N2)C12COC2. The van der Waals surface area contributed by atoms with E-state index in [1.807, 2.05) is 26.0 Å². The lowest BCUT2D eigenvalue weighted by Gasteiger charge is -2.61. The topological polar surface area (TPSA) is 118 Å². The Labute approximate surface area is 162 Å². The lowest BCUT2D eigenvalue weighted by Crippen LogP contribution is -2.71. The van der Waals surface area contributed by atoms with E-state index in [9.17, 15) is 19.8 Å². The number of nitrogens with zero attached hydrogens (tertiary/aromatic N) is 2. The van der Waals surface area contributed by atoms with E-state index in [-0.39, 0.29) is 11.5 Å². The highest BCUT2D eigenvalue weighted by Gasteiger charge is 2.71. The van der Waals surface area contributed by atoms with E-state index >= 15 is 0 Å². The molecular formula is C17H17BrN2O7. The third-order valence-corrected chi connectivity index (χ3v) is 6.16. The predicted octanol–water partition coefficient (Wildman–Crippen LogP) is 2.88. The number of rotatable bonds is 0. The van der Waals surface area contributed by atoms with Crippen molar-refractivity contribution in [3.63, 3.8) is 0 Å². The van der Waals surface area contributed by atoms with Crippen LogP contribution >= 0.6 is 15.9 Å². The summed E-state index contributed by atoms with van der Waals surface area (Å²) >= 11 is 3.44. The monoisotopic (exact) mass is 440 g/mol. The molecule has 0 aromatic heterocycles. The Morgan fingerprint density at radius 2 is 1.85 bits per heavy atom. The van der Waals surface area contributed by atoms with Gasteiger partial charge in [0.2, 0.25) is 0 Å². The van der Waals surface area contributed by atoms with Crippen LogP contribution in [0.4, 0.5) is 9.59 Å². The molecule has 0 radical (unpaired) electrons. The van der Waals surface area contributed by atoms with Gasteiger partial charge in [0.05, 0.1) is 18.6 Å².